The van der Waals surface area contributed by atoms with Gasteiger partial charge >= 0.3 is 0 Å². The minimum Gasteiger partial charge on any atom is -0.493 e. The highest BCUT2D eigenvalue weighted by atomic mass is 19.1. The fraction of sp³-hybridized carbons (Fsp3) is 0.286. The standard InChI is InChI=1S/C21H19FN6O2/c1-11-25-16(7-27(11)2)13-5-18-21(28-10-24-26-20(13)28)23-6-14-15(22)3-4-17-19(14)12(8-29-17)9-30-18/h3-5,7,10,12,23H,6,8-9H2,1-2H3/t12-/m0/s1. The van der Waals surface area contributed by atoms with Crippen molar-refractivity contribution in [2.24, 2.45) is 7.05 Å². The first-order chi connectivity index (χ1) is 14.6. The summed E-state index contributed by atoms with van der Waals surface area (Å²) in [4.78, 5) is 4.64. The molecule has 6 rings (SSSR count). The molecule has 9 heteroatoms. The average Bonchev–Trinajstić information content (AvgIpc) is 3.45. The summed E-state index contributed by atoms with van der Waals surface area (Å²) in [6, 6.07) is 5.08. The lowest BCUT2D eigenvalue weighted by Crippen LogP contribution is -2.13. The zero-order chi connectivity index (χ0) is 20.4. The number of benzene rings is 1. The Labute approximate surface area is 171 Å². The Morgan fingerprint density at radius 3 is 2.83 bits per heavy atom. The first kappa shape index (κ1) is 17.3. The Kier molecular flexibility index (Phi) is 3.56. The first-order valence-electron chi connectivity index (χ1n) is 9.78. The molecule has 0 unspecified atom stereocenters. The Hall–Kier alpha value is -3.62. The minimum atomic E-state index is -0.249. The van der Waals surface area contributed by atoms with Crippen LogP contribution < -0.4 is 14.8 Å². The van der Waals surface area contributed by atoms with Crippen LogP contribution in [-0.2, 0) is 13.6 Å². The molecule has 1 atom stereocenters. The quantitative estimate of drug-likeness (QED) is 0.524. The van der Waals surface area contributed by atoms with Crippen LogP contribution in [0.3, 0.4) is 0 Å². The van der Waals surface area contributed by atoms with Crippen LogP contribution in [0, 0.1) is 12.7 Å². The normalized spacial score (nSPS) is 17.2. The van der Waals surface area contributed by atoms with Gasteiger partial charge in [0.2, 0.25) is 0 Å². The highest BCUT2D eigenvalue weighted by Gasteiger charge is 2.31. The molecular weight excluding hydrogens is 387 g/mol. The van der Waals surface area contributed by atoms with E-state index in [1.165, 1.54) is 6.07 Å². The summed E-state index contributed by atoms with van der Waals surface area (Å²) in [6.07, 6.45) is 3.58. The van der Waals surface area contributed by atoms with Crippen molar-refractivity contribution >= 4 is 11.5 Å². The number of halogens is 1. The number of nitrogens with zero attached hydrogens (tertiary/aromatic N) is 5. The SMILES string of the molecule is Cc1nc(-c2cc3c(n4cnnc24)NCc2c(F)ccc4c2[C@@H](CO4)CO3)cn1C. The average molecular weight is 406 g/mol. The summed E-state index contributed by atoms with van der Waals surface area (Å²) in [6.45, 7) is 3.11. The number of rotatable bonds is 1. The van der Waals surface area contributed by atoms with Gasteiger partial charge in [-0.15, -0.1) is 10.2 Å². The minimum absolute atomic E-state index is 0.0318. The monoisotopic (exact) mass is 406 g/mol. The van der Waals surface area contributed by atoms with E-state index in [1.54, 1.807) is 12.4 Å². The van der Waals surface area contributed by atoms with Crippen molar-refractivity contribution in [3.8, 4) is 22.8 Å². The number of aryl methyl sites for hydroxylation is 2. The molecule has 4 aromatic rings. The van der Waals surface area contributed by atoms with Crippen LogP contribution in [0.5, 0.6) is 11.5 Å². The van der Waals surface area contributed by atoms with Crippen LogP contribution in [0.2, 0.25) is 0 Å². The second-order valence-corrected chi connectivity index (χ2v) is 7.69. The van der Waals surface area contributed by atoms with Crippen LogP contribution in [0.25, 0.3) is 16.9 Å². The number of fused-ring (bicyclic) bond motifs is 3. The summed E-state index contributed by atoms with van der Waals surface area (Å²) in [5.41, 5.74) is 3.76. The summed E-state index contributed by atoms with van der Waals surface area (Å²) in [7, 11) is 1.95. The topological polar surface area (TPSA) is 78.5 Å². The molecule has 0 saturated heterocycles. The number of ether oxygens (including phenoxy) is 2. The van der Waals surface area contributed by atoms with Crippen molar-refractivity contribution < 1.29 is 13.9 Å². The van der Waals surface area contributed by atoms with Gasteiger partial charge in [0.05, 0.1) is 30.4 Å². The van der Waals surface area contributed by atoms with Crippen LogP contribution in [-0.4, -0.2) is 37.4 Å². The largest absolute Gasteiger partial charge is 0.493 e. The zero-order valence-electron chi connectivity index (χ0n) is 16.5. The van der Waals surface area contributed by atoms with Gasteiger partial charge in [-0.05, 0) is 25.1 Å². The number of pyridine rings is 1. The number of anilines is 1. The Morgan fingerprint density at radius 1 is 1.20 bits per heavy atom. The molecule has 1 N–H and O–H groups in total. The third-order valence-electron chi connectivity index (χ3n) is 5.90. The molecule has 30 heavy (non-hydrogen) atoms. The lowest BCUT2D eigenvalue weighted by atomic mass is 9.96. The lowest BCUT2D eigenvalue weighted by molar-refractivity contribution is 0.249. The van der Waals surface area contributed by atoms with Crippen molar-refractivity contribution in [1.82, 2.24) is 24.1 Å². The third-order valence-corrected chi connectivity index (χ3v) is 5.90. The fourth-order valence-corrected chi connectivity index (χ4v) is 4.26. The summed E-state index contributed by atoms with van der Waals surface area (Å²) >= 11 is 0. The van der Waals surface area contributed by atoms with Gasteiger partial charge in [0.15, 0.2) is 17.2 Å². The van der Waals surface area contributed by atoms with E-state index in [-0.39, 0.29) is 11.7 Å². The van der Waals surface area contributed by atoms with E-state index in [0.29, 0.717) is 42.5 Å². The zero-order valence-corrected chi connectivity index (χ0v) is 16.5. The van der Waals surface area contributed by atoms with Crippen molar-refractivity contribution in [1.29, 1.82) is 0 Å². The van der Waals surface area contributed by atoms with Gasteiger partial charge in [-0.1, -0.05) is 0 Å². The third kappa shape index (κ3) is 2.41. The van der Waals surface area contributed by atoms with Crippen molar-refractivity contribution in [3.63, 3.8) is 0 Å². The van der Waals surface area contributed by atoms with E-state index in [0.717, 1.165) is 28.4 Å². The van der Waals surface area contributed by atoms with Crippen LogP contribution in [0.15, 0.2) is 30.7 Å². The molecule has 1 aromatic carbocycles. The summed E-state index contributed by atoms with van der Waals surface area (Å²) in [5, 5.41) is 11.7. The van der Waals surface area contributed by atoms with Gasteiger partial charge in [0.1, 0.15) is 23.7 Å². The van der Waals surface area contributed by atoms with Gasteiger partial charge in [0.25, 0.3) is 0 Å². The fourth-order valence-electron chi connectivity index (χ4n) is 4.26. The number of imidazole rings is 1. The number of nitrogens with one attached hydrogen (secondary N) is 1. The number of hydrogen-bond donors (Lipinski definition) is 1. The van der Waals surface area contributed by atoms with Crippen molar-refractivity contribution in [3.05, 3.63) is 53.5 Å². The molecular formula is C21H19FN6O2. The number of hydrogen-bond acceptors (Lipinski definition) is 6. The predicted molar refractivity (Wildman–Crippen MR) is 107 cm³/mol. The highest BCUT2D eigenvalue weighted by molar-refractivity contribution is 5.80. The maximum atomic E-state index is 14.7. The van der Waals surface area contributed by atoms with E-state index in [1.807, 2.05) is 35.2 Å². The van der Waals surface area contributed by atoms with Crippen molar-refractivity contribution in [2.75, 3.05) is 18.5 Å². The van der Waals surface area contributed by atoms with E-state index in [2.05, 4.69) is 20.5 Å². The Morgan fingerprint density at radius 2 is 2.03 bits per heavy atom. The van der Waals surface area contributed by atoms with Crippen molar-refractivity contribution in [2.45, 2.75) is 19.4 Å². The molecule has 2 aliphatic rings. The van der Waals surface area contributed by atoms with E-state index < -0.39 is 0 Å². The van der Waals surface area contributed by atoms with Gasteiger partial charge < -0.3 is 19.4 Å². The molecule has 0 bridgehead atoms. The molecule has 0 amide bonds. The van der Waals surface area contributed by atoms with E-state index in [4.69, 9.17) is 9.47 Å². The first-order valence-corrected chi connectivity index (χ1v) is 9.78. The molecule has 0 aliphatic carbocycles. The predicted octanol–water partition coefficient (Wildman–Crippen LogP) is 3.06. The molecule has 152 valence electrons. The van der Waals surface area contributed by atoms with E-state index in [9.17, 15) is 4.39 Å². The lowest BCUT2D eigenvalue weighted by Gasteiger charge is -2.16. The molecule has 3 aromatic heterocycles. The molecule has 5 heterocycles. The van der Waals surface area contributed by atoms with E-state index >= 15 is 0 Å². The Bertz CT molecular complexity index is 1290. The summed E-state index contributed by atoms with van der Waals surface area (Å²) in [5.74, 6) is 2.67. The highest BCUT2D eigenvalue weighted by Crippen LogP contribution is 2.41. The molecule has 8 nitrogen and oxygen atoms in total. The second-order valence-electron chi connectivity index (χ2n) is 7.69. The second kappa shape index (κ2) is 6.19. The smallest absolute Gasteiger partial charge is 0.171 e. The van der Waals surface area contributed by atoms with Gasteiger partial charge in [-0.2, -0.15) is 0 Å². The molecule has 0 fully saturated rings. The maximum Gasteiger partial charge on any atom is 0.171 e. The molecule has 0 spiro atoms. The molecule has 0 saturated carbocycles. The van der Waals surface area contributed by atoms with Crippen LogP contribution in [0.4, 0.5) is 10.2 Å². The van der Waals surface area contributed by atoms with Crippen LogP contribution in [0.1, 0.15) is 22.9 Å². The molecule has 0 radical (unpaired) electrons. The Balaban J connectivity index is 1.52. The molecule has 2 aliphatic heterocycles. The maximum absolute atomic E-state index is 14.7. The summed E-state index contributed by atoms with van der Waals surface area (Å²) < 4.78 is 30.5. The van der Waals surface area contributed by atoms with Crippen LogP contribution >= 0.6 is 0 Å². The van der Waals surface area contributed by atoms with Gasteiger partial charge in [0, 0.05) is 30.9 Å². The number of aromatic nitrogens is 5. The van der Waals surface area contributed by atoms with Gasteiger partial charge in [-0.25, -0.2) is 9.37 Å². The van der Waals surface area contributed by atoms with Gasteiger partial charge in [-0.3, -0.25) is 4.40 Å².